The van der Waals surface area contributed by atoms with Crippen LogP contribution in [0.5, 0.6) is 0 Å². The van der Waals surface area contributed by atoms with Crippen molar-refractivity contribution < 1.29 is 14.5 Å². The van der Waals surface area contributed by atoms with Gasteiger partial charge in [-0.3, -0.25) is 19.7 Å². The Kier molecular flexibility index (Phi) is 6.97. The van der Waals surface area contributed by atoms with E-state index in [2.05, 4.69) is 15.8 Å². The summed E-state index contributed by atoms with van der Waals surface area (Å²) in [5.74, 6) is -0.736. The zero-order valence-corrected chi connectivity index (χ0v) is 18.0. The third-order valence-electron chi connectivity index (χ3n) is 4.65. The molecule has 9 heteroatoms. The smallest absolute Gasteiger partial charge is 0.272 e. The molecule has 0 aromatic heterocycles. The summed E-state index contributed by atoms with van der Waals surface area (Å²) >= 11 is 5.83. The van der Waals surface area contributed by atoms with Gasteiger partial charge in [-0.2, -0.15) is 5.10 Å². The summed E-state index contributed by atoms with van der Waals surface area (Å²) in [6, 6.07) is 17.6. The summed E-state index contributed by atoms with van der Waals surface area (Å²) in [4.78, 5) is 35.0. The SMILES string of the molecule is C/C(=N/NC(=O)c1ccc([N+](=O)[O-])c(C)c1)c1ccc(NC(=O)c2ccc(Cl)cc2)cc1. The number of hydrazone groups is 1. The van der Waals surface area contributed by atoms with Crippen LogP contribution in [-0.2, 0) is 0 Å². The van der Waals surface area contributed by atoms with Crippen molar-refractivity contribution in [3.8, 4) is 0 Å². The summed E-state index contributed by atoms with van der Waals surface area (Å²) in [5, 5.41) is 18.3. The van der Waals surface area contributed by atoms with Gasteiger partial charge < -0.3 is 5.32 Å². The number of halogens is 1. The minimum Gasteiger partial charge on any atom is -0.322 e. The molecule has 0 saturated carbocycles. The zero-order chi connectivity index (χ0) is 23.3. The highest BCUT2D eigenvalue weighted by Crippen LogP contribution is 2.19. The lowest BCUT2D eigenvalue weighted by Crippen LogP contribution is -2.19. The third kappa shape index (κ3) is 5.55. The monoisotopic (exact) mass is 450 g/mol. The maximum absolute atomic E-state index is 12.3. The first kappa shape index (κ1) is 22.6. The number of rotatable bonds is 6. The second-order valence-corrected chi connectivity index (χ2v) is 7.37. The minimum absolute atomic E-state index is 0.0514. The summed E-state index contributed by atoms with van der Waals surface area (Å²) in [6.45, 7) is 3.29. The lowest BCUT2D eigenvalue weighted by molar-refractivity contribution is -0.385. The van der Waals surface area contributed by atoms with Crippen LogP contribution in [-0.4, -0.2) is 22.4 Å². The molecule has 0 fully saturated rings. The Morgan fingerprint density at radius 1 is 0.906 bits per heavy atom. The van der Waals surface area contributed by atoms with Gasteiger partial charge in [-0.25, -0.2) is 5.43 Å². The molecule has 0 heterocycles. The maximum atomic E-state index is 12.3. The molecular formula is C23H19ClN4O4. The van der Waals surface area contributed by atoms with Crippen molar-refractivity contribution >= 4 is 40.5 Å². The predicted molar refractivity (Wildman–Crippen MR) is 123 cm³/mol. The number of carbonyl (C=O) groups is 2. The lowest BCUT2D eigenvalue weighted by atomic mass is 10.1. The van der Waals surface area contributed by atoms with Gasteiger partial charge in [-0.1, -0.05) is 23.7 Å². The quantitative estimate of drug-likeness (QED) is 0.313. The third-order valence-corrected chi connectivity index (χ3v) is 4.90. The molecule has 3 aromatic rings. The van der Waals surface area contributed by atoms with Gasteiger partial charge in [0.05, 0.1) is 10.6 Å². The van der Waals surface area contributed by atoms with Gasteiger partial charge in [-0.15, -0.1) is 0 Å². The van der Waals surface area contributed by atoms with E-state index < -0.39 is 10.8 Å². The minimum atomic E-state index is -0.499. The van der Waals surface area contributed by atoms with Crippen LogP contribution in [0.3, 0.4) is 0 Å². The molecule has 2 amide bonds. The van der Waals surface area contributed by atoms with Crippen LogP contribution in [0.2, 0.25) is 5.02 Å². The number of nitro groups is 1. The highest BCUT2D eigenvalue weighted by atomic mass is 35.5. The number of aryl methyl sites for hydroxylation is 1. The highest BCUT2D eigenvalue weighted by Gasteiger charge is 2.13. The molecule has 0 bridgehead atoms. The van der Waals surface area contributed by atoms with Gasteiger partial charge in [0.25, 0.3) is 17.5 Å². The zero-order valence-electron chi connectivity index (χ0n) is 17.3. The Morgan fingerprint density at radius 3 is 2.09 bits per heavy atom. The average Bonchev–Trinajstić information content (AvgIpc) is 2.77. The first-order valence-corrected chi connectivity index (χ1v) is 9.89. The molecule has 0 unspecified atom stereocenters. The first-order chi connectivity index (χ1) is 15.2. The van der Waals surface area contributed by atoms with E-state index in [0.29, 0.717) is 27.5 Å². The van der Waals surface area contributed by atoms with Gasteiger partial charge in [0.2, 0.25) is 0 Å². The van der Waals surface area contributed by atoms with Crippen molar-refractivity contribution in [1.82, 2.24) is 5.43 Å². The van der Waals surface area contributed by atoms with E-state index in [4.69, 9.17) is 11.6 Å². The molecule has 0 radical (unpaired) electrons. The van der Waals surface area contributed by atoms with Crippen molar-refractivity contribution in [3.05, 3.63) is 104 Å². The number of anilines is 1. The second kappa shape index (κ2) is 9.84. The number of nitrogens with one attached hydrogen (secondary N) is 2. The topological polar surface area (TPSA) is 114 Å². The molecule has 162 valence electrons. The molecule has 3 aromatic carbocycles. The molecular weight excluding hydrogens is 432 g/mol. The molecule has 8 nitrogen and oxygen atoms in total. The summed E-state index contributed by atoms with van der Waals surface area (Å²) in [5.41, 5.74) is 5.43. The van der Waals surface area contributed by atoms with E-state index >= 15 is 0 Å². The Bertz CT molecular complexity index is 1210. The number of nitrogens with zero attached hydrogens (tertiary/aromatic N) is 2. The molecule has 2 N–H and O–H groups in total. The van der Waals surface area contributed by atoms with Crippen molar-refractivity contribution in [1.29, 1.82) is 0 Å². The van der Waals surface area contributed by atoms with E-state index in [-0.39, 0.29) is 17.2 Å². The Labute approximate surface area is 189 Å². The Morgan fingerprint density at radius 2 is 1.50 bits per heavy atom. The molecule has 32 heavy (non-hydrogen) atoms. The highest BCUT2D eigenvalue weighted by molar-refractivity contribution is 6.30. The summed E-state index contributed by atoms with van der Waals surface area (Å²) in [7, 11) is 0. The van der Waals surface area contributed by atoms with Crippen LogP contribution < -0.4 is 10.7 Å². The van der Waals surface area contributed by atoms with Crippen molar-refractivity contribution in [2.24, 2.45) is 5.10 Å². The van der Waals surface area contributed by atoms with Crippen LogP contribution in [0.1, 0.15) is 38.8 Å². The van der Waals surface area contributed by atoms with Crippen LogP contribution in [0, 0.1) is 17.0 Å². The van der Waals surface area contributed by atoms with Gasteiger partial charge >= 0.3 is 0 Å². The van der Waals surface area contributed by atoms with Crippen LogP contribution in [0.15, 0.2) is 71.8 Å². The van der Waals surface area contributed by atoms with Crippen molar-refractivity contribution in [3.63, 3.8) is 0 Å². The fourth-order valence-electron chi connectivity index (χ4n) is 2.86. The Balaban J connectivity index is 1.63. The van der Waals surface area contributed by atoms with E-state index in [1.165, 1.54) is 18.2 Å². The van der Waals surface area contributed by atoms with E-state index in [1.54, 1.807) is 62.4 Å². The Hall–Kier alpha value is -4.04. The second-order valence-electron chi connectivity index (χ2n) is 6.93. The number of benzene rings is 3. The van der Waals surface area contributed by atoms with Crippen molar-refractivity contribution in [2.75, 3.05) is 5.32 Å². The fraction of sp³-hybridized carbons (Fsp3) is 0.0870. The number of amides is 2. The van der Waals surface area contributed by atoms with E-state index in [0.717, 1.165) is 5.56 Å². The van der Waals surface area contributed by atoms with Gasteiger partial charge in [0, 0.05) is 33.5 Å². The van der Waals surface area contributed by atoms with Gasteiger partial charge in [-0.05, 0) is 67.9 Å². The molecule has 0 spiro atoms. The molecule has 0 aliphatic heterocycles. The first-order valence-electron chi connectivity index (χ1n) is 9.51. The maximum Gasteiger partial charge on any atom is 0.272 e. The molecule has 0 aliphatic carbocycles. The van der Waals surface area contributed by atoms with Crippen LogP contribution in [0.4, 0.5) is 11.4 Å². The van der Waals surface area contributed by atoms with E-state index in [1.807, 2.05) is 0 Å². The largest absolute Gasteiger partial charge is 0.322 e. The van der Waals surface area contributed by atoms with Crippen LogP contribution in [0.25, 0.3) is 0 Å². The number of hydrogen-bond acceptors (Lipinski definition) is 5. The molecule has 3 rings (SSSR count). The fourth-order valence-corrected chi connectivity index (χ4v) is 2.99. The number of nitro benzene ring substituents is 1. The lowest BCUT2D eigenvalue weighted by Gasteiger charge is -2.07. The van der Waals surface area contributed by atoms with E-state index in [9.17, 15) is 19.7 Å². The normalized spacial score (nSPS) is 11.0. The summed E-state index contributed by atoms with van der Waals surface area (Å²) in [6.07, 6.45) is 0. The van der Waals surface area contributed by atoms with Crippen LogP contribution >= 0.6 is 11.6 Å². The standard InChI is InChI=1S/C23H19ClN4O4/c1-14-13-18(7-12-21(14)28(31)32)23(30)27-26-15(2)16-5-10-20(11-6-16)25-22(29)17-3-8-19(24)9-4-17/h3-13H,1-2H3,(H,25,29)(H,27,30)/b26-15-. The van der Waals surface area contributed by atoms with Gasteiger partial charge in [0.15, 0.2) is 0 Å². The molecule has 0 aliphatic rings. The summed E-state index contributed by atoms with van der Waals surface area (Å²) < 4.78 is 0. The predicted octanol–water partition coefficient (Wildman–Crippen LogP) is 4.96. The number of carbonyl (C=O) groups excluding carboxylic acids is 2. The van der Waals surface area contributed by atoms with Gasteiger partial charge in [0.1, 0.15) is 0 Å². The van der Waals surface area contributed by atoms with Crippen molar-refractivity contribution in [2.45, 2.75) is 13.8 Å². The molecule has 0 atom stereocenters. The molecule has 0 saturated heterocycles. The average molecular weight is 451 g/mol. The number of hydrogen-bond donors (Lipinski definition) is 2.